The molecule has 1 atom stereocenters. The van der Waals surface area contributed by atoms with E-state index in [0.717, 1.165) is 37.3 Å². The van der Waals surface area contributed by atoms with E-state index in [9.17, 15) is 4.79 Å². The van der Waals surface area contributed by atoms with Crippen LogP contribution in [0.1, 0.15) is 18.4 Å². The highest BCUT2D eigenvalue weighted by molar-refractivity contribution is 6.31. The molecule has 2 amide bonds. The maximum Gasteiger partial charge on any atom is 0.317 e. The number of piperidine rings is 1. The van der Waals surface area contributed by atoms with Crippen molar-refractivity contribution in [3.8, 4) is 0 Å². The van der Waals surface area contributed by atoms with Crippen LogP contribution in [-0.4, -0.2) is 47.3 Å². The molecule has 132 valence electrons. The number of benzene rings is 1. The number of nitrogens with zero attached hydrogens (tertiary/aromatic N) is 4. The number of hydrogen-bond donors (Lipinski definition) is 1. The van der Waals surface area contributed by atoms with E-state index in [1.54, 1.807) is 11.1 Å². The number of urea groups is 1. The minimum absolute atomic E-state index is 0.0917. The van der Waals surface area contributed by atoms with Gasteiger partial charge in [0.15, 0.2) is 5.82 Å². The first-order chi connectivity index (χ1) is 12.1. The van der Waals surface area contributed by atoms with Crippen LogP contribution in [0.3, 0.4) is 0 Å². The van der Waals surface area contributed by atoms with Crippen LogP contribution < -0.4 is 10.2 Å². The number of carbonyl (C=O) groups excluding carboxylic acids is 1. The maximum absolute atomic E-state index is 12.5. The van der Waals surface area contributed by atoms with Crippen molar-refractivity contribution in [1.29, 1.82) is 0 Å². The van der Waals surface area contributed by atoms with Crippen LogP contribution in [0.15, 0.2) is 42.6 Å². The van der Waals surface area contributed by atoms with Gasteiger partial charge in [-0.1, -0.05) is 29.8 Å². The lowest BCUT2D eigenvalue weighted by Gasteiger charge is -2.38. The fourth-order valence-corrected chi connectivity index (χ4v) is 3.25. The summed E-state index contributed by atoms with van der Waals surface area (Å²) in [5.41, 5.74) is 0.913. The Morgan fingerprint density at radius 1 is 1.36 bits per heavy atom. The summed E-state index contributed by atoms with van der Waals surface area (Å²) in [5, 5.41) is 11.7. The van der Waals surface area contributed by atoms with Crippen molar-refractivity contribution in [1.82, 2.24) is 20.4 Å². The summed E-state index contributed by atoms with van der Waals surface area (Å²) in [6, 6.07) is 11.4. The van der Waals surface area contributed by atoms with Gasteiger partial charge in [-0.15, -0.1) is 5.10 Å². The molecule has 0 saturated carbocycles. The molecule has 0 aliphatic carbocycles. The van der Waals surface area contributed by atoms with Crippen LogP contribution in [0.5, 0.6) is 0 Å². The van der Waals surface area contributed by atoms with E-state index in [4.69, 9.17) is 11.6 Å². The van der Waals surface area contributed by atoms with E-state index in [-0.39, 0.29) is 12.1 Å². The zero-order chi connectivity index (χ0) is 17.6. The van der Waals surface area contributed by atoms with E-state index in [2.05, 4.69) is 20.4 Å². The van der Waals surface area contributed by atoms with Gasteiger partial charge in [-0.2, -0.15) is 5.10 Å². The molecule has 1 aliphatic heterocycles. The second kappa shape index (κ2) is 8.16. The lowest BCUT2D eigenvalue weighted by Crippen LogP contribution is -2.51. The summed E-state index contributed by atoms with van der Waals surface area (Å²) in [6.45, 7) is 2.11. The van der Waals surface area contributed by atoms with E-state index in [0.29, 0.717) is 11.6 Å². The zero-order valence-electron chi connectivity index (χ0n) is 14.2. The predicted octanol–water partition coefficient (Wildman–Crippen LogP) is 2.94. The van der Waals surface area contributed by atoms with Gasteiger partial charge in [0, 0.05) is 37.9 Å². The Morgan fingerprint density at radius 2 is 2.20 bits per heavy atom. The molecular formula is C18H22ClN5O. The van der Waals surface area contributed by atoms with Gasteiger partial charge in [0.05, 0.1) is 6.04 Å². The van der Waals surface area contributed by atoms with E-state index in [1.807, 2.05) is 43.4 Å². The Bertz CT molecular complexity index is 712. The second-order valence-corrected chi connectivity index (χ2v) is 6.59. The van der Waals surface area contributed by atoms with Crippen LogP contribution in [-0.2, 0) is 6.54 Å². The normalized spacial score (nSPS) is 17.2. The van der Waals surface area contributed by atoms with Gasteiger partial charge in [-0.05, 0) is 36.6 Å². The Morgan fingerprint density at radius 3 is 2.96 bits per heavy atom. The summed E-state index contributed by atoms with van der Waals surface area (Å²) in [4.78, 5) is 16.5. The van der Waals surface area contributed by atoms with Crippen LogP contribution in [0.2, 0.25) is 5.02 Å². The molecule has 1 aliphatic rings. The fourth-order valence-electron chi connectivity index (χ4n) is 3.04. The van der Waals surface area contributed by atoms with Gasteiger partial charge < -0.3 is 15.1 Å². The molecule has 1 aromatic carbocycles. The summed E-state index contributed by atoms with van der Waals surface area (Å²) >= 11 is 6.14. The first-order valence-corrected chi connectivity index (χ1v) is 8.79. The average Bonchev–Trinajstić information content (AvgIpc) is 2.67. The van der Waals surface area contributed by atoms with Gasteiger partial charge in [0.25, 0.3) is 0 Å². The van der Waals surface area contributed by atoms with Crippen molar-refractivity contribution in [2.75, 3.05) is 25.0 Å². The van der Waals surface area contributed by atoms with E-state index < -0.39 is 0 Å². The molecule has 3 rings (SSSR count). The number of carbonyl (C=O) groups is 1. The average molecular weight is 360 g/mol. The van der Waals surface area contributed by atoms with Gasteiger partial charge in [-0.3, -0.25) is 0 Å². The van der Waals surface area contributed by atoms with Crippen molar-refractivity contribution in [2.45, 2.75) is 25.4 Å². The number of nitrogens with one attached hydrogen (secondary N) is 1. The molecule has 1 saturated heterocycles. The minimum atomic E-state index is -0.0917. The molecule has 0 unspecified atom stereocenters. The maximum atomic E-state index is 12.5. The molecule has 1 fully saturated rings. The summed E-state index contributed by atoms with van der Waals surface area (Å²) in [6.07, 6.45) is 3.66. The van der Waals surface area contributed by atoms with E-state index in [1.165, 1.54) is 0 Å². The topological polar surface area (TPSA) is 61.4 Å². The Kier molecular flexibility index (Phi) is 5.71. The molecule has 2 heterocycles. The summed E-state index contributed by atoms with van der Waals surface area (Å²) < 4.78 is 0. The zero-order valence-corrected chi connectivity index (χ0v) is 15.0. The Balaban J connectivity index is 1.57. The Hall–Kier alpha value is -2.34. The SMILES string of the molecule is CN(C(=O)NCc1ccccc1Cl)[C@@H]1CCCN(c2cccnn2)C1. The quantitative estimate of drug-likeness (QED) is 0.911. The second-order valence-electron chi connectivity index (χ2n) is 6.18. The molecule has 7 heteroatoms. The minimum Gasteiger partial charge on any atom is -0.353 e. The highest BCUT2D eigenvalue weighted by Gasteiger charge is 2.26. The molecule has 6 nitrogen and oxygen atoms in total. The van der Waals surface area contributed by atoms with Gasteiger partial charge in [0.1, 0.15) is 0 Å². The van der Waals surface area contributed by atoms with Crippen LogP contribution in [0, 0.1) is 0 Å². The summed E-state index contributed by atoms with van der Waals surface area (Å²) in [7, 11) is 1.84. The molecule has 1 N–H and O–H groups in total. The number of anilines is 1. The molecule has 0 radical (unpaired) electrons. The predicted molar refractivity (Wildman–Crippen MR) is 98.7 cm³/mol. The van der Waals surface area contributed by atoms with Crippen molar-refractivity contribution in [2.24, 2.45) is 0 Å². The first kappa shape index (κ1) is 17.5. The number of rotatable bonds is 4. The standard InChI is InChI=1S/C18H22ClN5O/c1-23(18(25)20-12-14-6-2-3-8-16(14)19)15-7-5-11-24(13-15)17-9-4-10-21-22-17/h2-4,6,8-10,15H,5,7,11-13H2,1H3,(H,20,25)/t15-/m1/s1. The molecule has 2 aromatic rings. The molecule has 0 spiro atoms. The lowest BCUT2D eigenvalue weighted by molar-refractivity contribution is 0.182. The third kappa shape index (κ3) is 4.39. The van der Waals surface area contributed by atoms with Crippen molar-refractivity contribution in [3.63, 3.8) is 0 Å². The highest BCUT2D eigenvalue weighted by Crippen LogP contribution is 2.20. The van der Waals surface area contributed by atoms with Crippen molar-refractivity contribution >= 4 is 23.4 Å². The number of likely N-dealkylation sites (N-methyl/N-ethyl adjacent to an activating group) is 1. The number of amides is 2. The lowest BCUT2D eigenvalue weighted by atomic mass is 10.0. The number of halogens is 1. The molecule has 25 heavy (non-hydrogen) atoms. The number of aromatic nitrogens is 2. The number of hydrogen-bond acceptors (Lipinski definition) is 4. The molecule has 0 bridgehead atoms. The fraction of sp³-hybridized carbons (Fsp3) is 0.389. The first-order valence-electron chi connectivity index (χ1n) is 8.42. The highest BCUT2D eigenvalue weighted by atomic mass is 35.5. The third-order valence-electron chi connectivity index (χ3n) is 4.53. The van der Waals surface area contributed by atoms with Crippen LogP contribution in [0.25, 0.3) is 0 Å². The Labute approximate surface area is 152 Å². The summed E-state index contributed by atoms with van der Waals surface area (Å²) in [5.74, 6) is 0.858. The van der Waals surface area contributed by atoms with E-state index >= 15 is 0 Å². The monoisotopic (exact) mass is 359 g/mol. The third-order valence-corrected chi connectivity index (χ3v) is 4.90. The van der Waals surface area contributed by atoms with Crippen molar-refractivity contribution in [3.05, 3.63) is 53.2 Å². The van der Waals surface area contributed by atoms with Crippen LogP contribution in [0.4, 0.5) is 10.6 Å². The smallest absolute Gasteiger partial charge is 0.317 e. The van der Waals surface area contributed by atoms with Gasteiger partial charge in [0.2, 0.25) is 0 Å². The van der Waals surface area contributed by atoms with Gasteiger partial charge >= 0.3 is 6.03 Å². The molecular weight excluding hydrogens is 338 g/mol. The van der Waals surface area contributed by atoms with Gasteiger partial charge in [-0.25, -0.2) is 4.79 Å². The van der Waals surface area contributed by atoms with Crippen molar-refractivity contribution < 1.29 is 4.79 Å². The van der Waals surface area contributed by atoms with Crippen LogP contribution >= 0.6 is 11.6 Å². The largest absolute Gasteiger partial charge is 0.353 e. The molecule has 1 aromatic heterocycles.